The van der Waals surface area contributed by atoms with Crippen molar-refractivity contribution in [2.24, 2.45) is 0 Å². The predicted molar refractivity (Wildman–Crippen MR) is 55.0 cm³/mol. The minimum absolute atomic E-state index is 0.203. The summed E-state index contributed by atoms with van der Waals surface area (Å²) in [7, 11) is 1.40. The largest absolute Gasteiger partial charge is 0.469 e. The van der Waals surface area contributed by atoms with Gasteiger partial charge in [0, 0.05) is 5.33 Å². The molecule has 0 unspecified atom stereocenters. The first-order valence-electron chi connectivity index (χ1n) is 3.98. The fourth-order valence-corrected chi connectivity index (χ4v) is 1.75. The third kappa shape index (κ3) is 2.56. The van der Waals surface area contributed by atoms with Crippen LogP contribution in [0.25, 0.3) is 0 Å². The normalized spacial score (nSPS) is 12.2. The van der Waals surface area contributed by atoms with E-state index in [1.165, 1.54) is 7.11 Å². The van der Waals surface area contributed by atoms with Crippen molar-refractivity contribution in [3.05, 3.63) is 35.9 Å². The van der Waals surface area contributed by atoms with E-state index in [1.807, 2.05) is 30.3 Å². The van der Waals surface area contributed by atoms with Crippen LogP contribution in [-0.2, 0) is 9.53 Å². The van der Waals surface area contributed by atoms with Crippen LogP contribution in [0.5, 0.6) is 0 Å². The summed E-state index contributed by atoms with van der Waals surface area (Å²) in [6, 6.07) is 9.58. The van der Waals surface area contributed by atoms with Gasteiger partial charge in [0.1, 0.15) is 0 Å². The van der Waals surface area contributed by atoms with Crippen molar-refractivity contribution in [1.29, 1.82) is 0 Å². The van der Waals surface area contributed by atoms with Crippen LogP contribution in [0.3, 0.4) is 0 Å². The number of ether oxygens (including phenoxy) is 1. The Morgan fingerprint density at radius 1 is 1.46 bits per heavy atom. The summed E-state index contributed by atoms with van der Waals surface area (Å²) in [4.78, 5) is 11.3. The third-order valence-corrected chi connectivity index (χ3v) is 2.49. The lowest BCUT2D eigenvalue weighted by atomic mass is 10.0. The summed E-state index contributed by atoms with van der Waals surface area (Å²) in [5, 5.41) is 0.587. The highest BCUT2D eigenvalue weighted by Gasteiger charge is 2.19. The molecular weight excluding hydrogens is 232 g/mol. The lowest BCUT2D eigenvalue weighted by molar-refractivity contribution is -0.141. The molecule has 0 saturated carbocycles. The summed E-state index contributed by atoms with van der Waals surface area (Å²) < 4.78 is 4.69. The minimum atomic E-state index is -0.205. The standard InChI is InChI=1S/C10H11BrO2/c1-13-10(12)9(7-11)8-5-3-2-4-6-8/h2-6,9H,7H2,1H3/t9-/m0/s1. The summed E-state index contributed by atoms with van der Waals surface area (Å²) in [6.07, 6.45) is 0. The molecule has 0 aromatic heterocycles. The first-order chi connectivity index (χ1) is 6.29. The average molecular weight is 243 g/mol. The number of alkyl halides is 1. The SMILES string of the molecule is COC(=O)[C@@H](CBr)c1ccccc1. The van der Waals surface area contributed by atoms with Crippen LogP contribution < -0.4 is 0 Å². The molecule has 0 spiro atoms. The second kappa shape index (κ2) is 5.02. The van der Waals surface area contributed by atoms with Crippen molar-refractivity contribution in [3.63, 3.8) is 0 Å². The highest BCUT2D eigenvalue weighted by Crippen LogP contribution is 2.18. The van der Waals surface area contributed by atoms with Gasteiger partial charge in [0.25, 0.3) is 0 Å². The van der Waals surface area contributed by atoms with E-state index in [2.05, 4.69) is 20.7 Å². The van der Waals surface area contributed by atoms with Gasteiger partial charge in [-0.3, -0.25) is 4.79 Å². The quantitative estimate of drug-likeness (QED) is 0.601. The molecule has 0 N–H and O–H groups in total. The van der Waals surface area contributed by atoms with Crippen LogP contribution in [0.1, 0.15) is 11.5 Å². The Kier molecular flexibility index (Phi) is 3.96. The number of carbonyl (C=O) groups is 1. The van der Waals surface area contributed by atoms with Gasteiger partial charge in [0.2, 0.25) is 0 Å². The zero-order valence-corrected chi connectivity index (χ0v) is 8.95. The lowest BCUT2D eigenvalue weighted by Gasteiger charge is -2.11. The predicted octanol–water partition coefficient (Wildman–Crippen LogP) is 2.34. The first-order valence-corrected chi connectivity index (χ1v) is 5.10. The number of carbonyl (C=O) groups excluding carboxylic acids is 1. The summed E-state index contributed by atoms with van der Waals surface area (Å²) in [6.45, 7) is 0. The van der Waals surface area contributed by atoms with E-state index >= 15 is 0 Å². The molecule has 0 bridgehead atoms. The van der Waals surface area contributed by atoms with E-state index in [1.54, 1.807) is 0 Å². The number of hydrogen-bond acceptors (Lipinski definition) is 2. The van der Waals surface area contributed by atoms with E-state index in [4.69, 9.17) is 0 Å². The van der Waals surface area contributed by atoms with Crippen molar-refractivity contribution in [3.8, 4) is 0 Å². The molecule has 3 heteroatoms. The molecule has 0 aliphatic heterocycles. The van der Waals surface area contributed by atoms with Gasteiger partial charge in [0.05, 0.1) is 13.0 Å². The molecule has 0 aliphatic carbocycles. The molecule has 0 amide bonds. The maximum absolute atomic E-state index is 11.3. The van der Waals surface area contributed by atoms with Gasteiger partial charge in [-0.05, 0) is 5.56 Å². The number of benzene rings is 1. The van der Waals surface area contributed by atoms with Gasteiger partial charge in [-0.15, -0.1) is 0 Å². The van der Waals surface area contributed by atoms with Gasteiger partial charge >= 0.3 is 5.97 Å². The van der Waals surface area contributed by atoms with E-state index in [9.17, 15) is 4.79 Å². The molecule has 0 saturated heterocycles. The molecule has 1 atom stereocenters. The minimum Gasteiger partial charge on any atom is -0.469 e. The molecule has 0 radical (unpaired) electrons. The first kappa shape index (κ1) is 10.3. The molecule has 70 valence electrons. The van der Waals surface area contributed by atoms with Crippen molar-refractivity contribution in [2.75, 3.05) is 12.4 Å². The van der Waals surface area contributed by atoms with E-state index in [-0.39, 0.29) is 11.9 Å². The highest BCUT2D eigenvalue weighted by atomic mass is 79.9. The topological polar surface area (TPSA) is 26.3 Å². The number of halogens is 1. The van der Waals surface area contributed by atoms with E-state index < -0.39 is 0 Å². The average Bonchev–Trinajstić information content (AvgIpc) is 2.20. The molecule has 1 rings (SSSR count). The highest BCUT2D eigenvalue weighted by molar-refractivity contribution is 9.09. The molecule has 0 heterocycles. The van der Waals surface area contributed by atoms with Crippen LogP contribution >= 0.6 is 15.9 Å². The lowest BCUT2D eigenvalue weighted by Crippen LogP contribution is -2.15. The van der Waals surface area contributed by atoms with Crippen molar-refractivity contribution >= 4 is 21.9 Å². The van der Waals surface area contributed by atoms with Crippen LogP contribution in [0.4, 0.5) is 0 Å². The van der Waals surface area contributed by atoms with Crippen LogP contribution in [0.2, 0.25) is 0 Å². The Labute approximate surface area is 86.0 Å². The third-order valence-electron chi connectivity index (χ3n) is 1.84. The fourth-order valence-electron chi connectivity index (χ4n) is 1.12. The zero-order valence-electron chi connectivity index (χ0n) is 7.37. The smallest absolute Gasteiger partial charge is 0.313 e. The van der Waals surface area contributed by atoms with E-state index in [0.717, 1.165) is 5.56 Å². The molecule has 0 aliphatic rings. The maximum Gasteiger partial charge on any atom is 0.313 e. The maximum atomic E-state index is 11.3. The summed E-state index contributed by atoms with van der Waals surface area (Å²) >= 11 is 3.29. The Morgan fingerprint density at radius 2 is 2.08 bits per heavy atom. The second-order valence-corrected chi connectivity index (χ2v) is 3.29. The Morgan fingerprint density at radius 3 is 2.54 bits per heavy atom. The fraction of sp³-hybridized carbons (Fsp3) is 0.300. The van der Waals surface area contributed by atoms with Crippen molar-refractivity contribution in [1.82, 2.24) is 0 Å². The molecule has 1 aromatic carbocycles. The molecule has 2 nitrogen and oxygen atoms in total. The number of methoxy groups -OCH3 is 1. The molecular formula is C10H11BrO2. The van der Waals surface area contributed by atoms with Gasteiger partial charge < -0.3 is 4.74 Å². The Balaban J connectivity index is 2.85. The zero-order chi connectivity index (χ0) is 9.68. The Hall–Kier alpha value is -0.830. The number of esters is 1. The molecule has 13 heavy (non-hydrogen) atoms. The van der Waals surface area contributed by atoms with Gasteiger partial charge in [-0.25, -0.2) is 0 Å². The van der Waals surface area contributed by atoms with Gasteiger partial charge in [-0.2, -0.15) is 0 Å². The monoisotopic (exact) mass is 242 g/mol. The van der Waals surface area contributed by atoms with E-state index in [0.29, 0.717) is 5.33 Å². The number of rotatable bonds is 3. The van der Waals surface area contributed by atoms with Crippen LogP contribution in [0, 0.1) is 0 Å². The van der Waals surface area contributed by atoms with Gasteiger partial charge in [0.15, 0.2) is 0 Å². The second-order valence-electron chi connectivity index (χ2n) is 2.64. The molecule has 0 fully saturated rings. The Bertz CT molecular complexity index is 272. The van der Waals surface area contributed by atoms with Crippen molar-refractivity contribution in [2.45, 2.75) is 5.92 Å². The van der Waals surface area contributed by atoms with Crippen LogP contribution in [-0.4, -0.2) is 18.4 Å². The summed E-state index contributed by atoms with van der Waals surface area (Å²) in [5.74, 6) is -0.408. The number of hydrogen-bond donors (Lipinski definition) is 0. The van der Waals surface area contributed by atoms with Gasteiger partial charge in [-0.1, -0.05) is 46.3 Å². The summed E-state index contributed by atoms with van der Waals surface area (Å²) in [5.41, 5.74) is 0.978. The molecule has 1 aromatic rings. The van der Waals surface area contributed by atoms with Crippen molar-refractivity contribution < 1.29 is 9.53 Å². The van der Waals surface area contributed by atoms with Crippen LogP contribution in [0.15, 0.2) is 30.3 Å².